The van der Waals surface area contributed by atoms with E-state index in [-0.39, 0.29) is 0 Å². The molecule has 0 radical (unpaired) electrons. The molecule has 2 aliphatic rings. The first-order chi connectivity index (χ1) is 16.8. The smallest absolute Gasteiger partial charge is 0.139 e. The third kappa shape index (κ3) is 2.50. The Morgan fingerprint density at radius 3 is 2.09 bits per heavy atom. The SMILES string of the molecule is c1ccc2c(c1)Oc1cccc3c1P2c1ccc(-c2ccc4c(c2)oc2ccccc24)cc1O3. The lowest BCUT2D eigenvalue weighted by Crippen LogP contribution is -2.31. The molecule has 0 spiro atoms. The van der Waals surface area contributed by atoms with Crippen LogP contribution in [-0.4, -0.2) is 0 Å². The molecule has 3 nitrogen and oxygen atoms in total. The highest BCUT2D eigenvalue weighted by Crippen LogP contribution is 2.52. The summed E-state index contributed by atoms with van der Waals surface area (Å²) in [4.78, 5) is 0. The first kappa shape index (κ1) is 18.4. The average molecular weight is 456 g/mol. The summed E-state index contributed by atoms with van der Waals surface area (Å²) in [6, 6.07) is 35.6. The molecule has 2 aliphatic heterocycles. The summed E-state index contributed by atoms with van der Waals surface area (Å²) < 4.78 is 18.8. The van der Waals surface area contributed by atoms with Crippen molar-refractivity contribution < 1.29 is 13.9 Å². The van der Waals surface area contributed by atoms with Crippen molar-refractivity contribution in [2.24, 2.45) is 0 Å². The lowest BCUT2D eigenvalue weighted by atomic mass is 10.0. The fraction of sp³-hybridized carbons (Fsp3) is 0. The van der Waals surface area contributed by atoms with Crippen LogP contribution in [0.2, 0.25) is 0 Å². The van der Waals surface area contributed by atoms with E-state index in [9.17, 15) is 0 Å². The number of para-hydroxylation sites is 2. The van der Waals surface area contributed by atoms with Crippen LogP contribution in [0.4, 0.5) is 0 Å². The molecule has 6 aromatic rings. The predicted molar refractivity (Wildman–Crippen MR) is 138 cm³/mol. The normalized spacial score (nSPS) is 15.2. The fourth-order valence-electron chi connectivity index (χ4n) is 5.09. The van der Waals surface area contributed by atoms with Crippen LogP contribution in [0.5, 0.6) is 23.0 Å². The molecule has 0 saturated carbocycles. The van der Waals surface area contributed by atoms with Crippen molar-refractivity contribution in [1.29, 1.82) is 0 Å². The first-order valence-electron chi connectivity index (χ1n) is 11.3. The van der Waals surface area contributed by atoms with E-state index in [4.69, 9.17) is 13.9 Å². The zero-order valence-corrected chi connectivity index (χ0v) is 18.9. The second-order valence-electron chi connectivity index (χ2n) is 8.60. The summed E-state index contributed by atoms with van der Waals surface area (Å²) in [7, 11) is -0.743. The van der Waals surface area contributed by atoms with Gasteiger partial charge >= 0.3 is 0 Å². The number of ether oxygens (including phenoxy) is 2. The van der Waals surface area contributed by atoms with Crippen molar-refractivity contribution in [1.82, 2.24) is 0 Å². The second kappa shape index (κ2) is 6.72. The highest BCUT2D eigenvalue weighted by Gasteiger charge is 2.36. The van der Waals surface area contributed by atoms with E-state index in [1.54, 1.807) is 0 Å². The van der Waals surface area contributed by atoms with E-state index in [0.717, 1.165) is 56.1 Å². The molecule has 4 heteroatoms. The predicted octanol–water partition coefficient (Wildman–Crippen LogP) is 7.22. The fourth-order valence-corrected chi connectivity index (χ4v) is 7.64. The van der Waals surface area contributed by atoms with Gasteiger partial charge in [0.05, 0.1) is 5.30 Å². The summed E-state index contributed by atoms with van der Waals surface area (Å²) in [5, 5.41) is 5.90. The largest absolute Gasteiger partial charge is 0.456 e. The molecule has 8 rings (SSSR count). The molecular formula is C30H17O3P. The molecule has 5 aromatic carbocycles. The van der Waals surface area contributed by atoms with Gasteiger partial charge in [-0.3, -0.25) is 0 Å². The lowest BCUT2D eigenvalue weighted by Gasteiger charge is -2.34. The highest BCUT2D eigenvalue weighted by molar-refractivity contribution is 7.80. The van der Waals surface area contributed by atoms with E-state index in [1.165, 1.54) is 15.9 Å². The van der Waals surface area contributed by atoms with Gasteiger partial charge in [-0.05, 0) is 59.7 Å². The van der Waals surface area contributed by atoms with Gasteiger partial charge in [-0.15, -0.1) is 0 Å². The molecule has 0 bridgehead atoms. The Morgan fingerprint density at radius 1 is 0.471 bits per heavy atom. The molecule has 3 heterocycles. The van der Waals surface area contributed by atoms with Crippen molar-refractivity contribution in [2.45, 2.75) is 0 Å². The molecule has 160 valence electrons. The standard InChI is InChI=1S/C30H17O3P/c1-2-7-22-20(6-1)21-14-12-18(16-26(21)31-22)19-13-15-29-27(17-19)33-25-10-5-9-24-30(25)34(29)28-11-4-3-8-23(28)32-24/h1-17H. The van der Waals surface area contributed by atoms with Gasteiger partial charge in [0.25, 0.3) is 0 Å². The van der Waals surface area contributed by atoms with Crippen LogP contribution < -0.4 is 25.4 Å². The molecule has 34 heavy (non-hydrogen) atoms. The third-order valence-electron chi connectivity index (χ3n) is 6.64. The average Bonchev–Trinajstić information content (AvgIpc) is 3.26. The van der Waals surface area contributed by atoms with Crippen LogP contribution >= 0.6 is 7.92 Å². The summed E-state index contributed by atoms with van der Waals surface area (Å²) in [6.45, 7) is 0. The Bertz CT molecular complexity index is 1780. The number of fused-ring (bicyclic) bond motifs is 7. The molecule has 0 aliphatic carbocycles. The number of hydrogen-bond donors (Lipinski definition) is 0. The molecule has 0 N–H and O–H groups in total. The van der Waals surface area contributed by atoms with Gasteiger partial charge in [-0.1, -0.05) is 54.6 Å². The van der Waals surface area contributed by atoms with Gasteiger partial charge in [0.2, 0.25) is 0 Å². The number of benzene rings is 5. The quantitative estimate of drug-likeness (QED) is 0.244. The van der Waals surface area contributed by atoms with Crippen LogP contribution in [0.3, 0.4) is 0 Å². The van der Waals surface area contributed by atoms with Crippen LogP contribution in [0.25, 0.3) is 33.1 Å². The maximum Gasteiger partial charge on any atom is 0.139 e. The van der Waals surface area contributed by atoms with Gasteiger partial charge in [-0.2, -0.15) is 0 Å². The van der Waals surface area contributed by atoms with Crippen LogP contribution in [-0.2, 0) is 0 Å². The zero-order chi connectivity index (χ0) is 22.2. The minimum Gasteiger partial charge on any atom is -0.456 e. The van der Waals surface area contributed by atoms with Crippen LogP contribution in [0, 0.1) is 0 Å². The van der Waals surface area contributed by atoms with Gasteiger partial charge in [0.1, 0.15) is 34.2 Å². The van der Waals surface area contributed by atoms with E-state index >= 15 is 0 Å². The Balaban J connectivity index is 1.29. The minimum atomic E-state index is -0.743. The Labute approximate surface area is 196 Å². The van der Waals surface area contributed by atoms with E-state index < -0.39 is 7.92 Å². The summed E-state index contributed by atoms with van der Waals surface area (Å²) in [5.74, 6) is 3.63. The van der Waals surface area contributed by atoms with Crippen LogP contribution in [0.1, 0.15) is 0 Å². The molecule has 1 aromatic heterocycles. The van der Waals surface area contributed by atoms with E-state index in [2.05, 4.69) is 60.7 Å². The highest BCUT2D eigenvalue weighted by atomic mass is 31.1. The van der Waals surface area contributed by atoms with Gasteiger partial charge in [-0.25, -0.2) is 0 Å². The maximum atomic E-state index is 6.45. The molecule has 1 atom stereocenters. The Hall–Kier alpha value is -4.07. The minimum absolute atomic E-state index is 0.743. The molecule has 0 saturated heterocycles. The van der Waals surface area contributed by atoms with Crippen molar-refractivity contribution in [3.63, 3.8) is 0 Å². The van der Waals surface area contributed by atoms with Crippen molar-refractivity contribution in [2.75, 3.05) is 0 Å². The Morgan fingerprint density at radius 2 is 1.15 bits per heavy atom. The number of hydrogen-bond acceptors (Lipinski definition) is 3. The summed E-state index contributed by atoms with van der Waals surface area (Å²) >= 11 is 0. The van der Waals surface area contributed by atoms with Crippen molar-refractivity contribution >= 4 is 45.8 Å². The van der Waals surface area contributed by atoms with Crippen LogP contribution in [0.15, 0.2) is 108 Å². The molecule has 0 fully saturated rings. The van der Waals surface area contributed by atoms with Gasteiger partial charge < -0.3 is 13.9 Å². The second-order valence-corrected chi connectivity index (χ2v) is 10.7. The molecular weight excluding hydrogens is 439 g/mol. The zero-order valence-electron chi connectivity index (χ0n) is 18.0. The van der Waals surface area contributed by atoms with E-state index in [1.807, 2.05) is 42.5 Å². The monoisotopic (exact) mass is 456 g/mol. The topological polar surface area (TPSA) is 31.6 Å². The van der Waals surface area contributed by atoms with Crippen molar-refractivity contribution in [3.05, 3.63) is 103 Å². The third-order valence-corrected chi connectivity index (χ3v) is 9.23. The number of rotatable bonds is 1. The molecule has 0 amide bonds. The Kier molecular flexibility index (Phi) is 3.63. The van der Waals surface area contributed by atoms with Crippen molar-refractivity contribution in [3.8, 4) is 34.1 Å². The lowest BCUT2D eigenvalue weighted by molar-refractivity contribution is 0.466. The summed E-state index contributed by atoms with van der Waals surface area (Å²) in [5.41, 5.74) is 4.03. The van der Waals surface area contributed by atoms with E-state index in [0.29, 0.717) is 0 Å². The van der Waals surface area contributed by atoms with Gasteiger partial charge in [0.15, 0.2) is 0 Å². The first-order valence-corrected chi connectivity index (χ1v) is 12.6. The van der Waals surface area contributed by atoms with Gasteiger partial charge in [0, 0.05) is 29.3 Å². The maximum absolute atomic E-state index is 6.45. The number of furan rings is 1. The summed E-state index contributed by atoms with van der Waals surface area (Å²) in [6.07, 6.45) is 0. The molecule has 1 unspecified atom stereocenters.